The molecule has 0 unspecified atom stereocenters. The van der Waals surface area contributed by atoms with Crippen LogP contribution in [0.1, 0.15) is 25.9 Å². The highest BCUT2D eigenvalue weighted by Crippen LogP contribution is 2.24. The number of hydrogen-bond acceptors (Lipinski definition) is 7. The molecule has 4 N–H and O–H groups in total. The van der Waals surface area contributed by atoms with Crippen LogP contribution in [0, 0.1) is 6.92 Å². The minimum absolute atomic E-state index is 0.221. The van der Waals surface area contributed by atoms with Crippen molar-refractivity contribution in [3.05, 3.63) is 52.7 Å². The lowest BCUT2D eigenvalue weighted by molar-refractivity contribution is 0.0927. The lowest BCUT2D eigenvalue weighted by atomic mass is 10.1. The van der Waals surface area contributed by atoms with Crippen LogP contribution in [0.25, 0.3) is 11.3 Å². The summed E-state index contributed by atoms with van der Waals surface area (Å²) >= 11 is 1.05. The molecule has 0 spiro atoms. The number of rotatable bonds is 6. The van der Waals surface area contributed by atoms with Crippen LogP contribution < -0.4 is 16.4 Å². The molecule has 3 rings (SSSR count). The van der Waals surface area contributed by atoms with Crippen LogP contribution in [0.2, 0.25) is 0 Å². The summed E-state index contributed by atoms with van der Waals surface area (Å²) in [7, 11) is 0. The summed E-state index contributed by atoms with van der Waals surface area (Å²) < 4.78 is 9.32. The number of carbonyl (C=O) groups excluding carboxylic acids is 2. The smallest absolute Gasteiger partial charge is 0.287 e. The van der Waals surface area contributed by atoms with E-state index in [2.05, 4.69) is 20.2 Å². The predicted octanol–water partition coefficient (Wildman–Crippen LogP) is 2.05. The lowest BCUT2D eigenvalue weighted by Crippen LogP contribution is -2.28. The number of hydrogen-bond donors (Lipinski definition) is 3. The average Bonchev–Trinajstić information content (AvgIpc) is 3.29. The molecule has 3 aromatic rings. The Labute approximate surface area is 153 Å². The third kappa shape index (κ3) is 3.95. The summed E-state index contributed by atoms with van der Waals surface area (Å²) in [6.45, 7) is 2.49. The zero-order chi connectivity index (χ0) is 18.5. The van der Waals surface area contributed by atoms with Gasteiger partial charge in [-0.3, -0.25) is 9.59 Å². The van der Waals surface area contributed by atoms with Crippen molar-refractivity contribution in [3.8, 4) is 11.3 Å². The van der Waals surface area contributed by atoms with Crippen molar-refractivity contribution in [1.82, 2.24) is 14.9 Å². The Kier molecular flexibility index (Phi) is 5.40. The van der Waals surface area contributed by atoms with Crippen molar-refractivity contribution >= 4 is 29.0 Å². The van der Waals surface area contributed by atoms with Crippen molar-refractivity contribution in [2.45, 2.75) is 6.92 Å². The van der Waals surface area contributed by atoms with Gasteiger partial charge in [0.1, 0.15) is 10.6 Å². The fourth-order valence-electron chi connectivity index (χ4n) is 2.23. The Hall–Kier alpha value is -3.04. The number of aryl methyl sites for hydroxylation is 1. The molecule has 0 aliphatic carbocycles. The van der Waals surface area contributed by atoms with E-state index in [1.165, 1.54) is 0 Å². The molecular weight excluding hydrogens is 354 g/mol. The normalized spacial score (nSPS) is 10.5. The molecule has 26 heavy (non-hydrogen) atoms. The minimum atomic E-state index is -0.306. The van der Waals surface area contributed by atoms with E-state index in [0.717, 1.165) is 17.1 Å². The second-order valence-corrected chi connectivity index (χ2v) is 6.18. The van der Waals surface area contributed by atoms with E-state index < -0.39 is 0 Å². The van der Waals surface area contributed by atoms with Gasteiger partial charge in [-0.15, -0.1) is 5.10 Å². The molecule has 2 aromatic heterocycles. The van der Waals surface area contributed by atoms with Crippen LogP contribution in [0.5, 0.6) is 0 Å². The predicted molar refractivity (Wildman–Crippen MR) is 98.1 cm³/mol. The van der Waals surface area contributed by atoms with Crippen molar-refractivity contribution in [3.63, 3.8) is 0 Å². The number of nitrogens with zero attached hydrogens (tertiary/aromatic N) is 2. The summed E-state index contributed by atoms with van der Waals surface area (Å²) in [6, 6.07) is 10.4. The number of furan rings is 1. The number of aromatic nitrogens is 2. The van der Waals surface area contributed by atoms with Gasteiger partial charge in [0.25, 0.3) is 11.8 Å². The molecule has 0 saturated carbocycles. The fourth-order valence-corrected chi connectivity index (χ4v) is 2.79. The largest absolute Gasteiger partial charge is 0.451 e. The summed E-state index contributed by atoms with van der Waals surface area (Å²) in [5.41, 5.74) is 7.38. The molecular formula is C17H17N5O3S. The third-order valence-corrected chi connectivity index (χ3v) is 4.37. The standard InChI is InChI=1S/C17H17N5O3S/c1-10-15(26-22-21-10)17(24)20-12-4-2-11(3-5-12)13-6-7-14(25-13)16(23)19-9-8-18/h2-7H,8-9,18H2,1H3,(H,19,23)(H,20,24). The van der Waals surface area contributed by atoms with Crippen molar-refractivity contribution in [1.29, 1.82) is 0 Å². The third-order valence-electron chi connectivity index (χ3n) is 3.54. The van der Waals surface area contributed by atoms with Crippen molar-refractivity contribution < 1.29 is 14.0 Å². The first-order chi connectivity index (χ1) is 12.6. The summed E-state index contributed by atoms with van der Waals surface area (Å²) in [5, 5.41) is 9.27. The van der Waals surface area contributed by atoms with E-state index in [4.69, 9.17) is 10.2 Å². The Balaban J connectivity index is 1.68. The average molecular weight is 371 g/mol. The van der Waals surface area contributed by atoms with Crippen molar-refractivity contribution in [2.75, 3.05) is 18.4 Å². The summed E-state index contributed by atoms with van der Waals surface area (Å²) in [4.78, 5) is 24.5. The van der Waals surface area contributed by atoms with Gasteiger partial charge in [-0.2, -0.15) is 0 Å². The van der Waals surface area contributed by atoms with E-state index in [9.17, 15) is 9.59 Å². The first-order valence-electron chi connectivity index (χ1n) is 7.87. The fraction of sp³-hybridized carbons (Fsp3) is 0.176. The molecule has 2 amide bonds. The molecule has 1 aromatic carbocycles. The second-order valence-electron chi connectivity index (χ2n) is 5.43. The van der Waals surface area contributed by atoms with Crippen molar-refractivity contribution in [2.24, 2.45) is 5.73 Å². The molecule has 0 atom stereocenters. The van der Waals surface area contributed by atoms with Gasteiger partial charge in [-0.05, 0) is 54.9 Å². The van der Waals surface area contributed by atoms with Gasteiger partial charge in [0, 0.05) is 24.3 Å². The van der Waals surface area contributed by atoms with Gasteiger partial charge < -0.3 is 20.8 Å². The van der Waals surface area contributed by atoms with Crippen LogP contribution in [-0.2, 0) is 0 Å². The molecule has 134 valence electrons. The SMILES string of the molecule is Cc1nnsc1C(=O)Nc1ccc(-c2ccc(C(=O)NCCN)o2)cc1. The van der Waals surface area contributed by atoms with Gasteiger partial charge in [0.05, 0.1) is 5.69 Å². The quantitative estimate of drug-likeness (QED) is 0.609. The Morgan fingerprint density at radius 3 is 2.58 bits per heavy atom. The topological polar surface area (TPSA) is 123 Å². The molecule has 8 nitrogen and oxygen atoms in total. The highest BCUT2D eigenvalue weighted by Gasteiger charge is 2.14. The second kappa shape index (κ2) is 7.89. The van der Waals surface area contributed by atoms with E-state index in [1.54, 1.807) is 43.3 Å². The van der Waals surface area contributed by atoms with Crippen LogP contribution in [0.15, 0.2) is 40.8 Å². The molecule has 9 heteroatoms. The molecule has 0 fully saturated rings. The zero-order valence-corrected chi connectivity index (χ0v) is 14.8. The van der Waals surface area contributed by atoms with Crippen LogP contribution >= 0.6 is 11.5 Å². The van der Waals surface area contributed by atoms with Gasteiger partial charge in [0.15, 0.2) is 5.76 Å². The maximum atomic E-state index is 12.2. The van der Waals surface area contributed by atoms with Gasteiger partial charge in [0.2, 0.25) is 0 Å². The molecule has 0 radical (unpaired) electrons. The first kappa shape index (κ1) is 17.8. The molecule has 0 aliphatic rings. The molecule has 0 aliphatic heterocycles. The van der Waals surface area contributed by atoms with Crippen LogP contribution in [0.4, 0.5) is 5.69 Å². The molecule has 0 bridgehead atoms. The molecule has 2 heterocycles. The lowest BCUT2D eigenvalue weighted by Gasteiger charge is -2.05. The number of nitrogens with one attached hydrogen (secondary N) is 2. The minimum Gasteiger partial charge on any atom is -0.451 e. The van der Waals surface area contributed by atoms with E-state index >= 15 is 0 Å². The van der Waals surface area contributed by atoms with Gasteiger partial charge in [-0.1, -0.05) is 4.49 Å². The van der Waals surface area contributed by atoms with Gasteiger partial charge >= 0.3 is 0 Å². The number of nitrogens with two attached hydrogens (primary N) is 1. The Morgan fingerprint density at radius 2 is 1.92 bits per heavy atom. The number of amides is 2. The highest BCUT2D eigenvalue weighted by molar-refractivity contribution is 7.08. The Morgan fingerprint density at radius 1 is 1.15 bits per heavy atom. The first-order valence-corrected chi connectivity index (χ1v) is 8.64. The zero-order valence-electron chi connectivity index (χ0n) is 14.0. The monoisotopic (exact) mass is 371 g/mol. The van der Waals surface area contributed by atoms with E-state index in [0.29, 0.717) is 35.1 Å². The maximum absolute atomic E-state index is 12.2. The highest BCUT2D eigenvalue weighted by atomic mass is 32.1. The molecule has 0 saturated heterocycles. The van der Waals surface area contributed by atoms with Crippen LogP contribution in [-0.4, -0.2) is 34.5 Å². The maximum Gasteiger partial charge on any atom is 0.287 e. The Bertz CT molecular complexity index is 917. The van der Waals surface area contributed by atoms with Crippen LogP contribution in [0.3, 0.4) is 0 Å². The van der Waals surface area contributed by atoms with E-state index in [1.807, 2.05) is 0 Å². The van der Waals surface area contributed by atoms with Gasteiger partial charge in [-0.25, -0.2) is 0 Å². The number of anilines is 1. The number of carbonyl (C=O) groups is 2. The summed E-state index contributed by atoms with van der Waals surface area (Å²) in [5.74, 6) is 0.225. The number of benzene rings is 1. The summed E-state index contributed by atoms with van der Waals surface area (Å²) in [6.07, 6.45) is 0. The van der Waals surface area contributed by atoms with E-state index in [-0.39, 0.29) is 17.6 Å².